The zero-order valence-electron chi connectivity index (χ0n) is 16.3. The zero-order valence-corrected chi connectivity index (χ0v) is 16.3. The van der Waals surface area contributed by atoms with E-state index in [0.717, 1.165) is 11.1 Å². The van der Waals surface area contributed by atoms with Crippen LogP contribution in [0.5, 0.6) is 11.5 Å². The number of hydrogen-bond donors (Lipinski definition) is 2. The van der Waals surface area contributed by atoms with Crippen LogP contribution >= 0.6 is 0 Å². The predicted octanol–water partition coefficient (Wildman–Crippen LogP) is 2.81. The van der Waals surface area contributed by atoms with Crippen molar-refractivity contribution in [3.63, 3.8) is 0 Å². The van der Waals surface area contributed by atoms with Crippen LogP contribution in [0.25, 0.3) is 0 Å². The fraction of sp³-hybridized carbons (Fsp3) is 0.364. The van der Waals surface area contributed by atoms with Gasteiger partial charge in [-0.05, 0) is 56.5 Å². The molecule has 1 fully saturated rings. The van der Waals surface area contributed by atoms with Crippen LogP contribution in [0.3, 0.4) is 0 Å². The number of phenolic OH excluding ortho intramolecular Hbond substituents is 1. The van der Waals surface area contributed by atoms with Crippen molar-refractivity contribution >= 4 is 11.8 Å². The first-order valence-electron chi connectivity index (χ1n) is 9.50. The van der Waals surface area contributed by atoms with E-state index in [1.807, 2.05) is 32.0 Å². The Morgan fingerprint density at radius 1 is 1.14 bits per heavy atom. The van der Waals surface area contributed by atoms with Gasteiger partial charge in [0.2, 0.25) is 0 Å². The Balaban J connectivity index is 1.44. The molecular formula is C22H26N2O4. The Labute approximate surface area is 165 Å². The maximum absolute atomic E-state index is 12.5. The van der Waals surface area contributed by atoms with Crippen LogP contribution in [0.1, 0.15) is 34.3 Å². The van der Waals surface area contributed by atoms with E-state index in [1.165, 1.54) is 6.07 Å². The summed E-state index contributed by atoms with van der Waals surface area (Å²) in [5.74, 6) is 0.542. The molecule has 2 aromatic rings. The monoisotopic (exact) mass is 382 g/mol. The minimum Gasteiger partial charge on any atom is -0.508 e. The molecule has 0 unspecified atom stereocenters. The number of phenols is 1. The summed E-state index contributed by atoms with van der Waals surface area (Å²) in [5, 5.41) is 12.5. The standard InChI is InChI=1S/C22H26N2O4/c1-15-6-7-20(16(2)12-15)28-14-21(26)23-18-8-10-24(11-9-18)22(27)17-4-3-5-19(25)13-17/h3-7,12-13,18,25H,8-11,14H2,1-2H3,(H,23,26). The molecule has 0 radical (unpaired) electrons. The van der Waals surface area contributed by atoms with Gasteiger partial charge in [-0.1, -0.05) is 23.8 Å². The summed E-state index contributed by atoms with van der Waals surface area (Å²) in [5.41, 5.74) is 2.64. The molecule has 28 heavy (non-hydrogen) atoms. The normalized spacial score (nSPS) is 14.6. The van der Waals surface area contributed by atoms with E-state index < -0.39 is 0 Å². The van der Waals surface area contributed by atoms with Crippen molar-refractivity contribution in [1.29, 1.82) is 0 Å². The summed E-state index contributed by atoms with van der Waals surface area (Å²) in [4.78, 5) is 26.4. The number of amides is 2. The molecule has 0 aromatic heterocycles. The van der Waals surface area contributed by atoms with E-state index in [0.29, 0.717) is 37.2 Å². The number of benzene rings is 2. The maximum atomic E-state index is 12.5. The number of hydrogen-bond acceptors (Lipinski definition) is 4. The SMILES string of the molecule is Cc1ccc(OCC(=O)NC2CCN(C(=O)c3cccc(O)c3)CC2)c(C)c1. The van der Waals surface area contributed by atoms with E-state index in [9.17, 15) is 14.7 Å². The highest BCUT2D eigenvalue weighted by atomic mass is 16.5. The van der Waals surface area contributed by atoms with Crippen LogP contribution < -0.4 is 10.1 Å². The van der Waals surface area contributed by atoms with Gasteiger partial charge in [-0.25, -0.2) is 0 Å². The molecule has 0 spiro atoms. The molecule has 3 rings (SSSR count). The molecule has 2 N–H and O–H groups in total. The lowest BCUT2D eigenvalue weighted by Crippen LogP contribution is -2.47. The number of aryl methyl sites for hydroxylation is 2. The third-order valence-corrected chi connectivity index (χ3v) is 4.93. The zero-order chi connectivity index (χ0) is 20.1. The van der Waals surface area contributed by atoms with E-state index in [1.54, 1.807) is 23.1 Å². The molecule has 0 atom stereocenters. The summed E-state index contributed by atoms with van der Waals surface area (Å²) >= 11 is 0. The highest BCUT2D eigenvalue weighted by Crippen LogP contribution is 2.19. The van der Waals surface area contributed by atoms with Gasteiger partial charge in [0.1, 0.15) is 11.5 Å². The second kappa shape index (κ2) is 8.78. The van der Waals surface area contributed by atoms with Crippen LogP contribution in [0.2, 0.25) is 0 Å². The topological polar surface area (TPSA) is 78.9 Å². The minimum atomic E-state index is -0.155. The number of nitrogens with one attached hydrogen (secondary N) is 1. The minimum absolute atomic E-state index is 0.0215. The van der Waals surface area contributed by atoms with Crippen molar-refractivity contribution in [2.75, 3.05) is 19.7 Å². The number of aromatic hydroxyl groups is 1. The number of piperidine rings is 1. The first-order valence-corrected chi connectivity index (χ1v) is 9.50. The molecule has 1 aliphatic heterocycles. The van der Waals surface area contributed by atoms with Gasteiger partial charge in [0.05, 0.1) is 0 Å². The highest BCUT2D eigenvalue weighted by Gasteiger charge is 2.24. The molecule has 6 heteroatoms. The predicted molar refractivity (Wildman–Crippen MR) is 107 cm³/mol. The molecule has 1 heterocycles. The molecule has 6 nitrogen and oxygen atoms in total. The number of rotatable bonds is 5. The Bertz CT molecular complexity index is 857. The summed E-state index contributed by atoms with van der Waals surface area (Å²) in [6, 6.07) is 12.3. The second-order valence-corrected chi connectivity index (χ2v) is 7.24. The molecule has 0 aliphatic carbocycles. The average molecular weight is 382 g/mol. The molecule has 2 amide bonds. The van der Waals surface area contributed by atoms with E-state index in [2.05, 4.69) is 5.32 Å². The number of likely N-dealkylation sites (tertiary alicyclic amines) is 1. The third kappa shape index (κ3) is 5.03. The number of nitrogens with zero attached hydrogens (tertiary/aromatic N) is 1. The lowest BCUT2D eigenvalue weighted by Gasteiger charge is -2.32. The highest BCUT2D eigenvalue weighted by molar-refractivity contribution is 5.94. The van der Waals surface area contributed by atoms with Gasteiger partial charge in [0.25, 0.3) is 11.8 Å². The summed E-state index contributed by atoms with van der Waals surface area (Å²) in [6.07, 6.45) is 1.39. The number of carbonyl (C=O) groups is 2. The van der Waals surface area contributed by atoms with Crippen LogP contribution in [-0.4, -0.2) is 47.6 Å². The average Bonchev–Trinajstić information content (AvgIpc) is 2.67. The van der Waals surface area contributed by atoms with Crippen LogP contribution in [-0.2, 0) is 4.79 Å². The van der Waals surface area contributed by atoms with Gasteiger partial charge in [-0.2, -0.15) is 0 Å². The summed E-state index contributed by atoms with van der Waals surface area (Å²) in [7, 11) is 0. The van der Waals surface area contributed by atoms with E-state index in [-0.39, 0.29) is 30.2 Å². The Morgan fingerprint density at radius 3 is 2.57 bits per heavy atom. The van der Waals surface area contributed by atoms with Crippen molar-refractivity contribution in [3.8, 4) is 11.5 Å². The van der Waals surface area contributed by atoms with E-state index >= 15 is 0 Å². The van der Waals surface area contributed by atoms with Crippen LogP contribution in [0.15, 0.2) is 42.5 Å². The molecule has 0 bridgehead atoms. The molecule has 148 valence electrons. The molecule has 1 saturated heterocycles. The number of ether oxygens (including phenoxy) is 1. The van der Waals surface area contributed by atoms with Crippen LogP contribution in [0.4, 0.5) is 0 Å². The van der Waals surface area contributed by atoms with Gasteiger partial charge >= 0.3 is 0 Å². The van der Waals surface area contributed by atoms with E-state index in [4.69, 9.17) is 4.74 Å². The molecule has 1 aliphatic rings. The maximum Gasteiger partial charge on any atom is 0.258 e. The van der Waals surface area contributed by atoms with Crippen molar-refractivity contribution in [2.45, 2.75) is 32.7 Å². The Kier molecular flexibility index (Phi) is 6.19. The second-order valence-electron chi connectivity index (χ2n) is 7.24. The summed E-state index contributed by atoms with van der Waals surface area (Å²) < 4.78 is 5.62. The Hall–Kier alpha value is -3.02. The van der Waals surface area contributed by atoms with Gasteiger partial charge in [0.15, 0.2) is 6.61 Å². The van der Waals surface area contributed by atoms with Gasteiger partial charge in [-0.15, -0.1) is 0 Å². The summed E-state index contributed by atoms with van der Waals surface area (Å²) in [6.45, 7) is 5.08. The van der Waals surface area contributed by atoms with Crippen molar-refractivity contribution in [3.05, 3.63) is 59.2 Å². The fourth-order valence-corrected chi connectivity index (χ4v) is 3.42. The first-order chi connectivity index (χ1) is 13.4. The molecule has 0 saturated carbocycles. The van der Waals surface area contributed by atoms with Crippen molar-refractivity contribution in [2.24, 2.45) is 0 Å². The first kappa shape index (κ1) is 19.7. The number of carbonyl (C=O) groups excluding carboxylic acids is 2. The van der Waals surface area contributed by atoms with Crippen molar-refractivity contribution < 1.29 is 19.4 Å². The lowest BCUT2D eigenvalue weighted by molar-refractivity contribution is -0.124. The molecular weight excluding hydrogens is 356 g/mol. The van der Waals surface area contributed by atoms with Crippen LogP contribution in [0, 0.1) is 13.8 Å². The van der Waals surface area contributed by atoms with Gasteiger partial charge in [-0.3, -0.25) is 9.59 Å². The quantitative estimate of drug-likeness (QED) is 0.834. The third-order valence-electron chi connectivity index (χ3n) is 4.93. The largest absolute Gasteiger partial charge is 0.508 e. The molecule has 2 aromatic carbocycles. The van der Waals surface area contributed by atoms with Crippen molar-refractivity contribution in [1.82, 2.24) is 10.2 Å². The lowest BCUT2D eigenvalue weighted by atomic mass is 10.0. The fourth-order valence-electron chi connectivity index (χ4n) is 3.42. The van der Waals surface area contributed by atoms with Gasteiger partial charge in [0, 0.05) is 24.7 Å². The smallest absolute Gasteiger partial charge is 0.258 e. The Morgan fingerprint density at radius 2 is 1.89 bits per heavy atom. The van der Waals surface area contributed by atoms with Gasteiger partial charge < -0.3 is 20.1 Å².